The van der Waals surface area contributed by atoms with Crippen LogP contribution in [0.3, 0.4) is 0 Å². The lowest BCUT2D eigenvalue weighted by Gasteiger charge is -2.11. The molecule has 2 amide bonds. The molecule has 0 aliphatic carbocycles. The summed E-state index contributed by atoms with van der Waals surface area (Å²) >= 11 is 0. The third-order valence-corrected chi connectivity index (χ3v) is 6.44. The molecule has 0 unspecified atom stereocenters. The number of amides is 2. The molecule has 0 spiro atoms. The molecule has 8 heteroatoms. The van der Waals surface area contributed by atoms with Crippen LogP contribution in [0.2, 0.25) is 0 Å². The Morgan fingerprint density at radius 2 is 1.48 bits per heavy atom. The molecule has 0 aliphatic rings. The van der Waals surface area contributed by atoms with Crippen molar-refractivity contribution in [3.8, 4) is 0 Å². The maximum Gasteiger partial charge on any atom is 0.261 e. The van der Waals surface area contributed by atoms with E-state index in [1.54, 1.807) is 36.4 Å². The van der Waals surface area contributed by atoms with Gasteiger partial charge in [-0.2, -0.15) is 0 Å². The van der Waals surface area contributed by atoms with Crippen molar-refractivity contribution in [3.63, 3.8) is 0 Å². The summed E-state index contributed by atoms with van der Waals surface area (Å²) in [4.78, 5) is 24.3. The van der Waals surface area contributed by atoms with Gasteiger partial charge in [-0.25, -0.2) is 8.42 Å². The van der Waals surface area contributed by atoms with Gasteiger partial charge in [0.25, 0.3) is 21.8 Å². The standard InChI is InChI=1S/C25H27N3O4S/c1-3-4-6-18-9-13-22(14-10-18)28-33(31,32)23-8-5-7-20(17-23)25(30)27-21-15-11-19(12-16-21)24(29)26-2/h5,7-17,28H,3-4,6H2,1-2H3,(H,26,29)(H,27,30). The molecule has 0 fully saturated rings. The zero-order chi connectivity index (χ0) is 23.8. The molecule has 3 aromatic carbocycles. The predicted molar refractivity (Wildman–Crippen MR) is 130 cm³/mol. The van der Waals surface area contributed by atoms with Crippen LogP contribution in [-0.4, -0.2) is 27.3 Å². The second kappa shape index (κ2) is 10.8. The van der Waals surface area contributed by atoms with E-state index in [0.29, 0.717) is 16.9 Å². The van der Waals surface area contributed by atoms with E-state index < -0.39 is 15.9 Å². The number of hydrogen-bond donors (Lipinski definition) is 3. The van der Waals surface area contributed by atoms with Gasteiger partial charge in [-0.15, -0.1) is 0 Å². The summed E-state index contributed by atoms with van der Waals surface area (Å²) in [6.45, 7) is 2.12. The number of carbonyl (C=O) groups is 2. The van der Waals surface area contributed by atoms with E-state index in [4.69, 9.17) is 0 Å². The first-order valence-corrected chi connectivity index (χ1v) is 12.2. The quantitative estimate of drug-likeness (QED) is 0.434. The number of unbranched alkanes of at least 4 members (excludes halogenated alkanes) is 1. The predicted octanol–water partition coefficient (Wildman–Crippen LogP) is 4.44. The van der Waals surface area contributed by atoms with Gasteiger partial charge in [0.1, 0.15) is 0 Å². The number of hydrogen-bond acceptors (Lipinski definition) is 4. The molecule has 0 heterocycles. The Labute approximate surface area is 194 Å². The van der Waals surface area contributed by atoms with Gasteiger partial charge in [-0.1, -0.05) is 31.5 Å². The maximum atomic E-state index is 12.8. The van der Waals surface area contributed by atoms with Gasteiger partial charge in [-0.3, -0.25) is 14.3 Å². The molecule has 3 rings (SSSR count). The van der Waals surface area contributed by atoms with Gasteiger partial charge in [-0.05, 0) is 73.0 Å². The van der Waals surface area contributed by atoms with Gasteiger partial charge in [0, 0.05) is 29.5 Å². The van der Waals surface area contributed by atoms with E-state index >= 15 is 0 Å². The molecule has 0 bridgehead atoms. The highest BCUT2D eigenvalue weighted by atomic mass is 32.2. The summed E-state index contributed by atoms with van der Waals surface area (Å²) in [6.07, 6.45) is 3.13. The lowest BCUT2D eigenvalue weighted by molar-refractivity contribution is 0.0962. The molecular weight excluding hydrogens is 438 g/mol. The Balaban J connectivity index is 1.71. The van der Waals surface area contributed by atoms with E-state index in [2.05, 4.69) is 22.3 Å². The molecule has 0 saturated heterocycles. The Kier molecular flexibility index (Phi) is 7.84. The van der Waals surface area contributed by atoms with E-state index in [9.17, 15) is 18.0 Å². The maximum absolute atomic E-state index is 12.8. The lowest BCUT2D eigenvalue weighted by atomic mass is 10.1. The fourth-order valence-electron chi connectivity index (χ4n) is 3.19. The van der Waals surface area contributed by atoms with Crippen molar-refractivity contribution in [1.29, 1.82) is 0 Å². The molecule has 3 aromatic rings. The van der Waals surface area contributed by atoms with E-state index in [-0.39, 0.29) is 16.4 Å². The molecule has 0 aromatic heterocycles. The third kappa shape index (κ3) is 6.43. The van der Waals surface area contributed by atoms with Crippen molar-refractivity contribution in [2.24, 2.45) is 0 Å². The summed E-state index contributed by atoms with van der Waals surface area (Å²) in [5, 5.41) is 5.23. The number of sulfonamides is 1. The van der Waals surface area contributed by atoms with Crippen molar-refractivity contribution >= 4 is 33.2 Å². The lowest BCUT2D eigenvalue weighted by Crippen LogP contribution is -2.18. The normalized spacial score (nSPS) is 11.0. The highest BCUT2D eigenvalue weighted by Gasteiger charge is 2.17. The largest absolute Gasteiger partial charge is 0.355 e. The first-order chi connectivity index (χ1) is 15.8. The van der Waals surface area contributed by atoms with Crippen LogP contribution in [0.5, 0.6) is 0 Å². The van der Waals surface area contributed by atoms with Gasteiger partial charge < -0.3 is 10.6 Å². The third-order valence-electron chi connectivity index (χ3n) is 5.06. The highest BCUT2D eigenvalue weighted by molar-refractivity contribution is 7.92. The highest BCUT2D eigenvalue weighted by Crippen LogP contribution is 2.19. The smallest absolute Gasteiger partial charge is 0.261 e. The second-order valence-electron chi connectivity index (χ2n) is 7.54. The van der Waals surface area contributed by atoms with Crippen LogP contribution < -0.4 is 15.4 Å². The topological polar surface area (TPSA) is 104 Å². The first-order valence-electron chi connectivity index (χ1n) is 10.7. The fraction of sp³-hybridized carbons (Fsp3) is 0.200. The Bertz CT molecular complexity index is 1220. The van der Waals surface area contributed by atoms with Gasteiger partial charge >= 0.3 is 0 Å². The van der Waals surface area contributed by atoms with Crippen molar-refractivity contribution in [3.05, 3.63) is 89.5 Å². The van der Waals surface area contributed by atoms with Gasteiger partial charge in [0.2, 0.25) is 0 Å². The molecule has 0 radical (unpaired) electrons. The van der Waals surface area contributed by atoms with E-state index in [1.807, 2.05) is 12.1 Å². The summed E-state index contributed by atoms with van der Waals surface area (Å²) in [5.41, 5.74) is 2.77. The first kappa shape index (κ1) is 24.0. The Hall–Kier alpha value is -3.65. The van der Waals surface area contributed by atoms with Crippen LogP contribution in [-0.2, 0) is 16.4 Å². The zero-order valence-corrected chi connectivity index (χ0v) is 19.4. The van der Waals surface area contributed by atoms with Crippen molar-refractivity contribution in [1.82, 2.24) is 5.32 Å². The number of rotatable bonds is 9. The van der Waals surface area contributed by atoms with Crippen LogP contribution in [0.4, 0.5) is 11.4 Å². The minimum Gasteiger partial charge on any atom is -0.355 e. The summed E-state index contributed by atoms with van der Waals surface area (Å²) in [7, 11) is -2.33. The molecular formula is C25H27N3O4S. The molecule has 0 atom stereocenters. The van der Waals surface area contributed by atoms with E-state index in [1.165, 1.54) is 31.3 Å². The van der Waals surface area contributed by atoms with Gasteiger partial charge in [0.15, 0.2) is 0 Å². The van der Waals surface area contributed by atoms with Crippen molar-refractivity contribution < 1.29 is 18.0 Å². The zero-order valence-electron chi connectivity index (χ0n) is 18.6. The van der Waals surface area contributed by atoms with Crippen molar-refractivity contribution in [2.75, 3.05) is 17.1 Å². The Morgan fingerprint density at radius 1 is 0.818 bits per heavy atom. The van der Waals surface area contributed by atoms with Crippen LogP contribution in [0.25, 0.3) is 0 Å². The summed E-state index contributed by atoms with van der Waals surface area (Å²) < 4.78 is 28.2. The number of carbonyl (C=O) groups excluding carboxylic acids is 2. The fourth-order valence-corrected chi connectivity index (χ4v) is 4.30. The average molecular weight is 466 g/mol. The molecule has 172 valence electrons. The van der Waals surface area contributed by atoms with E-state index in [0.717, 1.165) is 24.8 Å². The molecule has 0 saturated carbocycles. The summed E-state index contributed by atoms with van der Waals surface area (Å²) in [5.74, 6) is -0.686. The van der Waals surface area contributed by atoms with Crippen LogP contribution in [0.15, 0.2) is 77.7 Å². The van der Waals surface area contributed by atoms with Crippen LogP contribution in [0.1, 0.15) is 46.0 Å². The summed E-state index contributed by atoms with van der Waals surface area (Å²) in [6, 6.07) is 19.5. The van der Waals surface area contributed by atoms with Gasteiger partial charge in [0.05, 0.1) is 4.90 Å². The number of nitrogens with one attached hydrogen (secondary N) is 3. The molecule has 3 N–H and O–H groups in total. The minimum absolute atomic E-state index is 0.0137. The van der Waals surface area contributed by atoms with Crippen LogP contribution >= 0.6 is 0 Å². The van der Waals surface area contributed by atoms with Crippen LogP contribution in [0, 0.1) is 0 Å². The monoisotopic (exact) mass is 465 g/mol. The minimum atomic E-state index is -3.86. The second-order valence-corrected chi connectivity index (χ2v) is 9.23. The SMILES string of the molecule is CCCCc1ccc(NS(=O)(=O)c2cccc(C(=O)Nc3ccc(C(=O)NC)cc3)c2)cc1. The molecule has 0 aliphatic heterocycles. The number of anilines is 2. The molecule has 7 nitrogen and oxygen atoms in total. The number of aryl methyl sites for hydroxylation is 1. The molecule has 33 heavy (non-hydrogen) atoms. The van der Waals surface area contributed by atoms with Crippen molar-refractivity contribution in [2.45, 2.75) is 31.1 Å². The average Bonchev–Trinajstić information content (AvgIpc) is 2.83. The number of benzene rings is 3. The Morgan fingerprint density at radius 3 is 2.12 bits per heavy atom.